The predicted molar refractivity (Wildman–Crippen MR) is 75.2 cm³/mol. The molecule has 18 heavy (non-hydrogen) atoms. The highest BCUT2D eigenvalue weighted by atomic mass is 32.2. The molecule has 0 bridgehead atoms. The summed E-state index contributed by atoms with van der Waals surface area (Å²) >= 11 is 4.44. The van der Waals surface area contributed by atoms with Crippen LogP contribution in [0, 0.1) is 0 Å². The molecule has 3 heterocycles. The summed E-state index contributed by atoms with van der Waals surface area (Å²) in [6, 6.07) is 2.00. The third kappa shape index (κ3) is 2.18. The van der Waals surface area contributed by atoms with Gasteiger partial charge in [0.1, 0.15) is 15.7 Å². The second-order valence-electron chi connectivity index (χ2n) is 3.46. The van der Waals surface area contributed by atoms with Crippen molar-refractivity contribution in [3.63, 3.8) is 0 Å². The normalized spacial score (nSPS) is 11.2. The van der Waals surface area contributed by atoms with Gasteiger partial charge in [0, 0.05) is 11.8 Å². The van der Waals surface area contributed by atoms with Crippen molar-refractivity contribution in [3.05, 3.63) is 17.3 Å². The first kappa shape index (κ1) is 11.8. The smallest absolute Gasteiger partial charge is 0.222 e. The lowest BCUT2D eigenvalue weighted by Gasteiger charge is -2.00. The summed E-state index contributed by atoms with van der Waals surface area (Å²) in [5.74, 6) is 1.17. The van der Waals surface area contributed by atoms with Crippen LogP contribution in [-0.4, -0.2) is 19.3 Å². The average molecular weight is 295 g/mol. The maximum atomic E-state index is 5.71. The van der Waals surface area contributed by atoms with Crippen LogP contribution < -0.4 is 5.73 Å². The molecule has 0 aliphatic rings. The maximum Gasteiger partial charge on any atom is 0.222 e. The monoisotopic (exact) mass is 295 g/mol. The van der Waals surface area contributed by atoms with E-state index in [4.69, 9.17) is 5.73 Å². The molecule has 0 radical (unpaired) electrons. The van der Waals surface area contributed by atoms with Crippen molar-refractivity contribution in [2.75, 3.05) is 5.73 Å². The molecule has 0 aliphatic carbocycles. The van der Waals surface area contributed by atoms with Crippen LogP contribution in [0.3, 0.4) is 0 Å². The SMILES string of the molecule is CCc1nsc(Sc2nc(N)nc3sccc23)n1. The van der Waals surface area contributed by atoms with Crippen LogP contribution in [0.15, 0.2) is 20.8 Å². The first-order valence-corrected chi connectivity index (χ1v) is 7.74. The lowest BCUT2D eigenvalue weighted by molar-refractivity contribution is 0.970. The van der Waals surface area contributed by atoms with Gasteiger partial charge in [-0.2, -0.15) is 4.37 Å². The minimum Gasteiger partial charge on any atom is -0.368 e. The van der Waals surface area contributed by atoms with Gasteiger partial charge >= 0.3 is 0 Å². The standard InChI is InChI=1S/C10H9N5S3/c1-2-6-12-10(18-15-6)17-8-5-3-4-16-7(5)13-9(11)14-8/h3-4H,2H2,1H3,(H2,11,13,14). The number of nitrogens with two attached hydrogens (primary N) is 1. The number of rotatable bonds is 3. The summed E-state index contributed by atoms with van der Waals surface area (Å²) in [6.07, 6.45) is 0.844. The Balaban J connectivity index is 2.00. The second-order valence-corrected chi connectivity index (χ2v) is 6.34. The molecule has 0 aliphatic heterocycles. The van der Waals surface area contributed by atoms with Crippen LogP contribution in [0.5, 0.6) is 0 Å². The number of aromatic nitrogens is 4. The number of hydrogen-bond acceptors (Lipinski definition) is 8. The van der Waals surface area contributed by atoms with Gasteiger partial charge in [0.25, 0.3) is 0 Å². The zero-order chi connectivity index (χ0) is 12.5. The Bertz CT molecular complexity index is 690. The molecule has 0 atom stereocenters. The van der Waals surface area contributed by atoms with Gasteiger partial charge in [0.05, 0.1) is 0 Å². The molecule has 3 rings (SSSR count). The summed E-state index contributed by atoms with van der Waals surface area (Å²) in [5.41, 5.74) is 5.71. The van der Waals surface area contributed by atoms with Crippen LogP contribution in [0.1, 0.15) is 12.7 Å². The Morgan fingerprint density at radius 1 is 1.33 bits per heavy atom. The van der Waals surface area contributed by atoms with Crippen molar-refractivity contribution in [2.24, 2.45) is 0 Å². The predicted octanol–water partition coefficient (Wildman–Crippen LogP) is 2.84. The van der Waals surface area contributed by atoms with Crippen molar-refractivity contribution in [1.29, 1.82) is 0 Å². The minimum absolute atomic E-state index is 0.299. The first-order chi connectivity index (χ1) is 8.76. The fourth-order valence-electron chi connectivity index (χ4n) is 1.43. The van der Waals surface area contributed by atoms with Gasteiger partial charge in [-0.3, -0.25) is 0 Å². The molecule has 0 fully saturated rings. The number of aryl methyl sites for hydroxylation is 1. The molecule has 2 N–H and O–H groups in total. The first-order valence-electron chi connectivity index (χ1n) is 5.27. The summed E-state index contributed by atoms with van der Waals surface area (Å²) in [5, 5.41) is 3.85. The molecule has 0 spiro atoms. The van der Waals surface area contributed by atoms with E-state index in [1.54, 1.807) is 11.3 Å². The summed E-state index contributed by atoms with van der Waals surface area (Å²) < 4.78 is 5.15. The number of hydrogen-bond donors (Lipinski definition) is 1. The third-order valence-corrected chi connectivity index (χ3v) is 4.86. The molecule has 0 saturated heterocycles. The van der Waals surface area contributed by atoms with E-state index in [0.29, 0.717) is 5.95 Å². The molecule has 3 aromatic rings. The number of nitrogens with zero attached hydrogens (tertiary/aromatic N) is 4. The van der Waals surface area contributed by atoms with E-state index in [1.165, 1.54) is 23.3 Å². The van der Waals surface area contributed by atoms with E-state index in [-0.39, 0.29) is 0 Å². The molecule has 5 nitrogen and oxygen atoms in total. The number of anilines is 1. The molecule has 8 heteroatoms. The molecule has 0 saturated carbocycles. The molecule has 0 aromatic carbocycles. The molecule has 0 amide bonds. The van der Waals surface area contributed by atoms with Crippen LogP contribution in [0.25, 0.3) is 10.2 Å². The Labute approximate surface area is 116 Å². The van der Waals surface area contributed by atoms with E-state index in [2.05, 4.69) is 19.3 Å². The van der Waals surface area contributed by atoms with E-state index >= 15 is 0 Å². The minimum atomic E-state index is 0.299. The van der Waals surface area contributed by atoms with Gasteiger partial charge in [0.15, 0.2) is 4.34 Å². The summed E-state index contributed by atoms with van der Waals surface area (Å²) in [4.78, 5) is 13.8. The molecular weight excluding hydrogens is 286 g/mol. The molecule has 3 aromatic heterocycles. The number of thiophene rings is 1. The van der Waals surface area contributed by atoms with E-state index in [9.17, 15) is 0 Å². The van der Waals surface area contributed by atoms with Crippen molar-refractivity contribution in [2.45, 2.75) is 22.7 Å². The largest absolute Gasteiger partial charge is 0.368 e. The lowest BCUT2D eigenvalue weighted by atomic mass is 10.4. The van der Waals surface area contributed by atoms with Crippen molar-refractivity contribution >= 4 is 50.8 Å². The van der Waals surface area contributed by atoms with E-state index < -0.39 is 0 Å². The van der Waals surface area contributed by atoms with Crippen molar-refractivity contribution in [1.82, 2.24) is 19.3 Å². The lowest BCUT2D eigenvalue weighted by Crippen LogP contribution is -1.95. The van der Waals surface area contributed by atoms with Gasteiger partial charge in [-0.15, -0.1) is 11.3 Å². The highest BCUT2D eigenvalue weighted by molar-refractivity contribution is 8.01. The van der Waals surface area contributed by atoms with Crippen LogP contribution in [0.4, 0.5) is 5.95 Å². The zero-order valence-corrected chi connectivity index (χ0v) is 11.9. The third-order valence-electron chi connectivity index (χ3n) is 2.26. The van der Waals surface area contributed by atoms with Gasteiger partial charge in [-0.1, -0.05) is 6.92 Å². The Hall–Kier alpha value is -1.25. The second kappa shape index (κ2) is 4.79. The van der Waals surface area contributed by atoms with Gasteiger partial charge < -0.3 is 5.73 Å². The Kier molecular flexibility index (Phi) is 3.14. The topological polar surface area (TPSA) is 77.6 Å². The molecule has 92 valence electrons. The highest BCUT2D eigenvalue weighted by Crippen LogP contribution is 2.34. The highest BCUT2D eigenvalue weighted by Gasteiger charge is 2.11. The molecular formula is C10H9N5S3. The van der Waals surface area contributed by atoms with Gasteiger partial charge in [0.2, 0.25) is 5.95 Å². The van der Waals surface area contributed by atoms with Crippen molar-refractivity contribution < 1.29 is 0 Å². The maximum absolute atomic E-state index is 5.71. The molecule has 0 unspecified atom stereocenters. The summed E-state index contributed by atoms with van der Waals surface area (Å²) in [6.45, 7) is 2.04. The Morgan fingerprint density at radius 3 is 3.00 bits per heavy atom. The Morgan fingerprint density at radius 2 is 2.22 bits per heavy atom. The zero-order valence-electron chi connectivity index (χ0n) is 9.45. The van der Waals surface area contributed by atoms with Crippen LogP contribution in [-0.2, 0) is 6.42 Å². The van der Waals surface area contributed by atoms with Gasteiger partial charge in [-0.05, 0) is 34.7 Å². The van der Waals surface area contributed by atoms with E-state index in [1.807, 2.05) is 18.4 Å². The van der Waals surface area contributed by atoms with Gasteiger partial charge in [-0.25, -0.2) is 15.0 Å². The fourth-order valence-corrected chi connectivity index (χ4v) is 3.99. The van der Waals surface area contributed by atoms with E-state index in [0.717, 1.165) is 31.8 Å². The average Bonchev–Trinajstić information content (AvgIpc) is 2.97. The number of nitrogen functional groups attached to an aromatic ring is 1. The van der Waals surface area contributed by atoms with Crippen LogP contribution >= 0.6 is 34.6 Å². The number of fused-ring (bicyclic) bond motifs is 1. The fraction of sp³-hybridized carbons (Fsp3) is 0.200. The van der Waals surface area contributed by atoms with Crippen molar-refractivity contribution in [3.8, 4) is 0 Å². The quantitative estimate of drug-likeness (QED) is 0.749. The summed E-state index contributed by atoms with van der Waals surface area (Å²) in [7, 11) is 0. The van der Waals surface area contributed by atoms with Crippen LogP contribution in [0.2, 0.25) is 0 Å².